The molecule has 1 N–H and O–H groups in total. The van der Waals surface area contributed by atoms with E-state index >= 15 is 0 Å². The number of nitrogens with one attached hydrogen (secondary N) is 1. The van der Waals surface area contributed by atoms with Gasteiger partial charge in [-0.15, -0.1) is 5.10 Å². The molecule has 3 aromatic carbocycles. The lowest BCUT2D eigenvalue weighted by Crippen LogP contribution is -2.11. The highest BCUT2D eigenvalue weighted by Crippen LogP contribution is 2.27. The topological polar surface area (TPSA) is 72.7 Å². The number of hydrogen-bond donors (Lipinski definition) is 1. The van der Waals surface area contributed by atoms with Gasteiger partial charge >= 0.3 is 0 Å². The Morgan fingerprint density at radius 1 is 1.03 bits per heavy atom. The van der Waals surface area contributed by atoms with E-state index in [1.807, 2.05) is 72.3 Å². The van der Waals surface area contributed by atoms with E-state index in [2.05, 4.69) is 26.7 Å². The molecule has 7 heteroatoms. The van der Waals surface area contributed by atoms with E-state index in [1.54, 1.807) is 0 Å². The average Bonchev–Trinajstić information content (AvgIpc) is 3.32. The van der Waals surface area contributed by atoms with Crippen molar-refractivity contribution >= 4 is 43.6 Å². The van der Waals surface area contributed by atoms with Crippen LogP contribution in [0.1, 0.15) is 21.5 Å². The standard InChI is InChI=1S/C22H17N5OS/c1-14-6-11-18-20(12-14)29-22(23-18)24-21(28)16-9-7-15(8-10-16)13-27-19-5-3-2-4-17(19)25-26-27/h2-12H,13H2,1H3,(H,23,24,28). The third kappa shape index (κ3) is 3.48. The Kier molecular flexibility index (Phi) is 4.29. The van der Waals surface area contributed by atoms with Gasteiger partial charge < -0.3 is 0 Å². The summed E-state index contributed by atoms with van der Waals surface area (Å²) in [6.07, 6.45) is 0. The predicted molar refractivity (Wildman–Crippen MR) is 115 cm³/mol. The molecule has 0 aliphatic carbocycles. The molecule has 5 aromatic rings. The summed E-state index contributed by atoms with van der Waals surface area (Å²) < 4.78 is 2.92. The van der Waals surface area contributed by atoms with Crippen LogP contribution in [-0.4, -0.2) is 25.9 Å². The summed E-state index contributed by atoms with van der Waals surface area (Å²) >= 11 is 1.48. The van der Waals surface area contributed by atoms with E-state index in [0.717, 1.165) is 26.8 Å². The maximum Gasteiger partial charge on any atom is 0.257 e. The van der Waals surface area contributed by atoms with Gasteiger partial charge in [0.25, 0.3) is 5.91 Å². The number of aryl methyl sites for hydroxylation is 1. The minimum Gasteiger partial charge on any atom is -0.298 e. The minimum atomic E-state index is -0.168. The molecular weight excluding hydrogens is 382 g/mol. The monoisotopic (exact) mass is 399 g/mol. The van der Waals surface area contributed by atoms with Crippen molar-refractivity contribution in [2.75, 3.05) is 5.32 Å². The fourth-order valence-electron chi connectivity index (χ4n) is 3.22. The smallest absolute Gasteiger partial charge is 0.257 e. The number of aromatic nitrogens is 4. The zero-order valence-electron chi connectivity index (χ0n) is 15.7. The van der Waals surface area contributed by atoms with Crippen LogP contribution in [-0.2, 0) is 6.54 Å². The Bertz CT molecular complexity index is 1340. The number of nitrogens with zero attached hydrogens (tertiary/aromatic N) is 4. The molecule has 0 saturated heterocycles. The van der Waals surface area contributed by atoms with Crippen molar-refractivity contribution in [1.29, 1.82) is 0 Å². The Labute approximate surface area is 170 Å². The Balaban J connectivity index is 1.31. The number of thiazole rings is 1. The summed E-state index contributed by atoms with van der Waals surface area (Å²) in [5.41, 5.74) is 5.57. The Hall–Kier alpha value is -3.58. The number of para-hydroxylation sites is 1. The number of fused-ring (bicyclic) bond motifs is 2. The normalized spacial score (nSPS) is 11.2. The van der Waals surface area contributed by atoms with Crippen LogP contribution in [0, 0.1) is 6.92 Å². The van der Waals surface area contributed by atoms with Crippen LogP contribution in [0.2, 0.25) is 0 Å². The highest BCUT2D eigenvalue weighted by atomic mass is 32.1. The van der Waals surface area contributed by atoms with Crippen molar-refractivity contribution in [2.24, 2.45) is 0 Å². The summed E-state index contributed by atoms with van der Waals surface area (Å²) in [5, 5.41) is 11.9. The predicted octanol–water partition coefficient (Wildman–Crippen LogP) is 4.65. The molecule has 2 heterocycles. The molecule has 6 nitrogen and oxygen atoms in total. The van der Waals surface area contributed by atoms with Gasteiger partial charge in [-0.05, 0) is 54.4 Å². The minimum absolute atomic E-state index is 0.168. The second kappa shape index (κ2) is 7.10. The first kappa shape index (κ1) is 17.5. The SMILES string of the molecule is Cc1ccc2nc(NC(=O)c3ccc(Cn4nnc5ccccc54)cc3)sc2c1. The van der Waals surface area contributed by atoms with Crippen LogP contribution in [0.25, 0.3) is 21.3 Å². The van der Waals surface area contributed by atoms with Crippen LogP contribution >= 0.6 is 11.3 Å². The maximum atomic E-state index is 12.6. The highest BCUT2D eigenvalue weighted by molar-refractivity contribution is 7.22. The quantitative estimate of drug-likeness (QED) is 0.477. The molecule has 0 aliphatic heterocycles. The number of benzene rings is 3. The average molecular weight is 399 g/mol. The third-order valence-corrected chi connectivity index (χ3v) is 5.67. The molecule has 5 rings (SSSR count). The van der Waals surface area contributed by atoms with Crippen LogP contribution in [0.4, 0.5) is 5.13 Å². The summed E-state index contributed by atoms with van der Waals surface area (Å²) in [6, 6.07) is 21.4. The maximum absolute atomic E-state index is 12.6. The summed E-state index contributed by atoms with van der Waals surface area (Å²) in [5.74, 6) is -0.168. The van der Waals surface area contributed by atoms with Crippen LogP contribution in [0.5, 0.6) is 0 Å². The molecule has 0 aliphatic rings. The van der Waals surface area contributed by atoms with E-state index in [1.165, 1.54) is 16.9 Å². The van der Waals surface area contributed by atoms with Gasteiger partial charge in [-0.2, -0.15) is 0 Å². The van der Waals surface area contributed by atoms with Crippen molar-refractivity contribution in [3.63, 3.8) is 0 Å². The first-order chi connectivity index (χ1) is 14.2. The number of amides is 1. The molecule has 0 spiro atoms. The van der Waals surface area contributed by atoms with Crippen molar-refractivity contribution in [3.05, 3.63) is 83.4 Å². The van der Waals surface area contributed by atoms with Crippen molar-refractivity contribution in [1.82, 2.24) is 20.0 Å². The summed E-state index contributed by atoms with van der Waals surface area (Å²) in [7, 11) is 0. The molecule has 0 saturated carbocycles. The number of anilines is 1. The second-order valence-electron chi connectivity index (χ2n) is 6.88. The lowest BCUT2D eigenvalue weighted by molar-refractivity contribution is 0.102. The first-order valence-electron chi connectivity index (χ1n) is 9.21. The molecule has 0 unspecified atom stereocenters. The van der Waals surface area contributed by atoms with Gasteiger partial charge in [0.05, 0.1) is 22.3 Å². The van der Waals surface area contributed by atoms with Crippen molar-refractivity contribution in [3.8, 4) is 0 Å². The highest BCUT2D eigenvalue weighted by Gasteiger charge is 2.11. The van der Waals surface area contributed by atoms with E-state index in [-0.39, 0.29) is 5.91 Å². The third-order valence-electron chi connectivity index (χ3n) is 4.73. The lowest BCUT2D eigenvalue weighted by Gasteiger charge is -2.05. The lowest BCUT2D eigenvalue weighted by atomic mass is 10.1. The van der Waals surface area contributed by atoms with Gasteiger partial charge in [-0.1, -0.05) is 46.9 Å². The van der Waals surface area contributed by atoms with Crippen molar-refractivity contribution < 1.29 is 4.79 Å². The van der Waals surface area contributed by atoms with Gasteiger partial charge in [-0.3, -0.25) is 10.1 Å². The molecule has 2 aromatic heterocycles. The zero-order valence-corrected chi connectivity index (χ0v) is 16.5. The van der Waals surface area contributed by atoms with Crippen LogP contribution < -0.4 is 5.32 Å². The van der Waals surface area contributed by atoms with Gasteiger partial charge in [0.2, 0.25) is 0 Å². The summed E-state index contributed by atoms with van der Waals surface area (Å²) in [6.45, 7) is 2.64. The fraction of sp³-hybridized carbons (Fsp3) is 0.0909. The molecule has 29 heavy (non-hydrogen) atoms. The van der Waals surface area contributed by atoms with Gasteiger partial charge in [0.1, 0.15) is 5.52 Å². The van der Waals surface area contributed by atoms with Crippen LogP contribution in [0.3, 0.4) is 0 Å². The van der Waals surface area contributed by atoms with Crippen LogP contribution in [0.15, 0.2) is 66.7 Å². The van der Waals surface area contributed by atoms with E-state index in [9.17, 15) is 4.79 Å². The summed E-state index contributed by atoms with van der Waals surface area (Å²) in [4.78, 5) is 17.1. The van der Waals surface area contributed by atoms with Gasteiger partial charge in [-0.25, -0.2) is 9.67 Å². The zero-order chi connectivity index (χ0) is 19.8. The number of carbonyl (C=O) groups excluding carboxylic acids is 1. The fourth-order valence-corrected chi connectivity index (χ4v) is 4.18. The number of hydrogen-bond acceptors (Lipinski definition) is 5. The molecule has 0 fully saturated rings. The number of rotatable bonds is 4. The Morgan fingerprint density at radius 3 is 2.72 bits per heavy atom. The van der Waals surface area contributed by atoms with Gasteiger partial charge in [0, 0.05) is 5.56 Å². The largest absolute Gasteiger partial charge is 0.298 e. The van der Waals surface area contributed by atoms with Crippen molar-refractivity contribution in [2.45, 2.75) is 13.5 Å². The van der Waals surface area contributed by atoms with E-state index < -0.39 is 0 Å². The molecular formula is C22H17N5OS. The number of carbonyl (C=O) groups is 1. The first-order valence-corrected chi connectivity index (χ1v) is 10.0. The molecule has 0 atom stereocenters. The second-order valence-corrected chi connectivity index (χ2v) is 7.91. The molecule has 0 bridgehead atoms. The van der Waals surface area contributed by atoms with E-state index in [4.69, 9.17) is 0 Å². The molecule has 1 amide bonds. The molecule has 0 radical (unpaired) electrons. The molecule has 142 valence electrons. The van der Waals surface area contributed by atoms with Gasteiger partial charge in [0.15, 0.2) is 5.13 Å². The van der Waals surface area contributed by atoms with E-state index in [0.29, 0.717) is 17.2 Å². The Morgan fingerprint density at radius 2 is 1.86 bits per heavy atom.